The molecule has 1 aromatic heterocycles. The summed E-state index contributed by atoms with van der Waals surface area (Å²) in [4.78, 5) is 4.35. The van der Waals surface area contributed by atoms with Crippen molar-refractivity contribution in [1.82, 2.24) is 10.3 Å². The second-order valence-electron chi connectivity index (χ2n) is 6.81. The molecule has 3 atom stereocenters. The van der Waals surface area contributed by atoms with Crippen molar-refractivity contribution in [1.29, 1.82) is 0 Å². The van der Waals surface area contributed by atoms with E-state index < -0.39 is 0 Å². The van der Waals surface area contributed by atoms with Crippen LogP contribution in [-0.2, 0) is 6.42 Å². The van der Waals surface area contributed by atoms with E-state index in [4.69, 9.17) is 0 Å². The van der Waals surface area contributed by atoms with Gasteiger partial charge in [0.15, 0.2) is 0 Å². The standard InChI is InChI=1S/C17H25BrN2/c1-2-5-19-12-17(8-13-3-4-15(17)6-13)9-14-7-16(18)11-20-10-14/h7,10-11,13,15,19H,2-6,8-9,12H2,1H3. The first kappa shape index (κ1) is 14.5. The Morgan fingerprint density at radius 2 is 2.30 bits per heavy atom. The summed E-state index contributed by atoms with van der Waals surface area (Å²) in [5, 5.41) is 3.71. The molecule has 110 valence electrons. The number of aromatic nitrogens is 1. The van der Waals surface area contributed by atoms with E-state index in [-0.39, 0.29) is 0 Å². The van der Waals surface area contributed by atoms with Gasteiger partial charge < -0.3 is 5.32 Å². The van der Waals surface area contributed by atoms with Crippen LogP contribution in [0.1, 0.15) is 44.6 Å². The number of nitrogens with zero attached hydrogens (tertiary/aromatic N) is 1. The molecular formula is C17H25BrN2. The van der Waals surface area contributed by atoms with Gasteiger partial charge in [0.05, 0.1) is 0 Å². The summed E-state index contributed by atoms with van der Waals surface area (Å²) < 4.78 is 1.11. The molecule has 0 spiro atoms. The highest BCUT2D eigenvalue weighted by atomic mass is 79.9. The highest BCUT2D eigenvalue weighted by Crippen LogP contribution is 2.57. The van der Waals surface area contributed by atoms with Crippen LogP contribution in [0.4, 0.5) is 0 Å². The van der Waals surface area contributed by atoms with E-state index in [9.17, 15) is 0 Å². The van der Waals surface area contributed by atoms with Crippen molar-refractivity contribution in [2.24, 2.45) is 17.3 Å². The van der Waals surface area contributed by atoms with Crippen LogP contribution >= 0.6 is 15.9 Å². The number of nitrogens with one attached hydrogen (secondary N) is 1. The molecule has 0 aliphatic heterocycles. The first-order chi connectivity index (χ1) is 9.72. The summed E-state index contributed by atoms with van der Waals surface area (Å²) in [5.41, 5.74) is 1.88. The molecular weight excluding hydrogens is 312 g/mol. The summed E-state index contributed by atoms with van der Waals surface area (Å²) in [7, 11) is 0. The highest BCUT2D eigenvalue weighted by Gasteiger charge is 2.50. The summed E-state index contributed by atoms with van der Waals surface area (Å²) in [5.74, 6) is 1.92. The van der Waals surface area contributed by atoms with E-state index in [1.54, 1.807) is 0 Å². The zero-order valence-electron chi connectivity index (χ0n) is 12.4. The Hall–Kier alpha value is -0.410. The molecule has 1 heterocycles. The van der Waals surface area contributed by atoms with Crippen LogP contribution in [0.5, 0.6) is 0 Å². The van der Waals surface area contributed by atoms with Crippen molar-refractivity contribution >= 4 is 15.9 Å². The largest absolute Gasteiger partial charge is 0.316 e. The minimum Gasteiger partial charge on any atom is -0.316 e. The van der Waals surface area contributed by atoms with Crippen molar-refractivity contribution in [3.05, 3.63) is 28.5 Å². The number of halogens is 1. The molecule has 1 N–H and O–H groups in total. The van der Waals surface area contributed by atoms with Crippen molar-refractivity contribution < 1.29 is 0 Å². The van der Waals surface area contributed by atoms with Gasteiger partial charge in [-0.05, 0) is 83.5 Å². The number of pyridine rings is 1. The van der Waals surface area contributed by atoms with Gasteiger partial charge in [0.2, 0.25) is 0 Å². The van der Waals surface area contributed by atoms with E-state index in [1.807, 2.05) is 6.20 Å². The average molecular weight is 337 g/mol. The van der Waals surface area contributed by atoms with Gasteiger partial charge in [-0.1, -0.05) is 13.3 Å². The zero-order valence-corrected chi connectivity index (χ0v) is 14.0. The van der Waals surface area contributed by atoms with Gasteiger partial charge in [-0.15, -0.1) is 0 Å². The summed E-state index contributed by atoms with van der Waals surface area (Å²) in [6.45, 7) is 4.59. The lowest BCUT2D eigenvalue weighted by Gasteiger charge is -2.38. The molecule has 1 aromatic rings. The van der Waals surface area contributed by atoms with Crippen LogP contribution < -0.4 is 5.32 Å². The van der Waals surface area contributed by atoms with Crippen molar-refractivity contribution in [3.63, 3.8) is 0 Å². The molecule has 0 saturated heterocycles. The quantitative estimate of drug-likeness (QED) is 0.787. The fraction of sp³-hybridized carbons (Fsp3) is 0.706. The first-order valence-electron chi connectivity index (χ1n) is 8.02. The smallest absolute Gasteiger partial charge is 0.0410 e. The molecule has 2 saturated carbocycles. The molecule has 0 aromatic carbocycles. The fourth-order valence-electron chi connectivity index (χ4n) is 4.53. The molecule has 2 aliphatic carbocycles. The molecule has 0 radical (unpaired) electrons. The number of hydrogen-bond acceptors (Lipinski definition) is 2. The number of hydrogen-bond donors (Lipinski definition) is 1. The van der Waals surface area contributed by atoms with Gasteiger partial charge in [0, 0.05) is 23.4 Å². The molecule has 2 nitrogen and oxygen atoms in total. The second-order valence-corrected chi connectivity index (χ2v) is 7.72. The highest BCUT2D eigenvalue weighted by molar-refractivity contribution is 9.10. The summed E-state index contributed by atoms with van der Waals surface area (Å²) in [6, 6.07) is 2.25. The Kier molecular flexibility index (Phi) is 4.46. The predicted molar refractivity (Wildman–Crippen MR) is 86.7 cm³/mol. The third-order valence-electron chi connectivity index (χ3n) is 5.32. The third-order valence-corrected chi connectivity index (χ3v) is 5.76. The monoisotopic (exact) mass is 336 g/mol. The lowest BCUT2D eigenvalue weighted by atomic mass is 9.69. The lowest BCUT2D eigenvalue weighted by Crippen LogP contribution is -2.40. The Morgan fingerprint density at radius 1 is 1.40 bits per heavy atom. The van der Waals surface area contributed by atoms with Crippen LogP contribution in [0, 0.1) is 17.3 Å². The molecule has 3 unspecified atom stereocenters. The molecule has 2 fully saturated rings. The van der Waals surface area contributed by atoms with E-state index >= 15 is 0 Å². The fourth-order valence-corrected chi connectivity index (χ4v) is 4.94. The first-order valence-corrected chi connectivity index (χ1v) is 8.81. The van der Waals surface area contributed by atoms with Crippen LogP contribution in [0.2, 0.25) is 0 Å². The zero-order chi connectivity index (χ0) is 14.0. The normalized spacial score (nSPS) is 31.9. The number of fused-ring (bicyclic) bond motifs is 2. The Morgan fingerprint density at radius 3 is 2.95 bits per heavy atom. The van der Waals surface area contributed by atoms with Crippen LogP contribution in [-0.4, -0.2) is 18.1 Å². The van der Waals surface area contributed by atoms with Gasteiger partial charge in [-0.25, -0.2) is 0 Å². The van der Waals surface area contributed by atoms with Crippen molar-refractivity contribution in [2.45, 2.75) is 45.4 Å². The third kappa shape index (κ3) is 2.94. The predicted octanol–water partition coefficient (Wildman–Crippen LogP) is 4.19. The van der Waals surface area contributed by atoms with E-state index in [2.05, 4.69) is 45.4 Å². The Labute approximate surface area is 130 Å². The van der Waals surface area contributed by atoms with Gasteiger partial charge in [0.25, 0.3) is 0 Å². The molecule has 2 bridgehead atoms. The SMILES string of the molecule is CCCNCC1(Cc2cncc(Br)c2)CC2CCC1C2. The van der Waals surface area contributed by atoms with Crippen LogP contribution in [0.15, 0.2) is 22.9 Å². The van der Waals surface area contributed by atoms with E-state index in [1.165, 1.54) is 50.6 Å². The molecule has 3 rings (SSSR count). The second kappa shape index (κ2) is 6.15. The van der Waals surface area contributed by atoms with Gasteiger partial charge in [-0.3, -0.25) is 4.98 Å². The summed E-state index contributed by atoms with van der Waals surface area (Å²) in [6.07, 6.45) is 12.2. The Balaban J connectivity index is 1.76. The van der Waals surface area contributed by atoms with Gasteiger partial charge >= 0.3 is 0 Å². The minimum absolute atomic E-state index is 0.487. The van der Waals surface area contributed by atoms with E-state index in [0.717, 1.165) is 22.9 Å². The maximum atomic E-state index is 4.35. The molecule has 2 aliphatic rings. The van der Waals surface area contributed by atoms with Gasteiger partial charge in [-0.2, -0.15) is 0 Å². The van der Waals surface area contributed by atoms with Gasteiger partial charge in [0.1, 0.15) is 0 Å². The maximum Gasteiger partial charge on any atom is 0.0410 e. The average Bonchev–Trinajstić information content (AvgIpc) is 3.00. The Bertz CT molecular complexity index is 462. The number of rotatable bonds is 6. The van der Waals surface area contributed by atoms with Crippen molar-refractivity contribution in [2.75, 3.05) is 13.1 Å². The van der Waals surface area contributed by atoms with Crippen molar-refractivity contribution in [3.8, 4) is 0 Å². The lowest BCUT2D eigenvalue weighted by molar-refractivity contribution is 0.156. The minimum atomic E-state index is 0.487. The molecule has 20 heavy (non-hydrogen) atoms. The van der Waals surface area contributed by atoms with E-state index in [0.29, 0.717) is 5.41 Å². The molecule has 3 heteroatoms. The van der Waals surface area contributed by atoms with Crippen LogP contribution in [0.3, 0.4) is 0 Å². The summed E-state index contributed by atoms with van der Waals surface area (Å²) >= 11 is 3.56. The molecule has 0 amide bonds. The maximum absolute atomic E-state index is 4.35. The van der Waals surface area contributed by atoms with Crippen LogP contribution in [0.25, 0.3) is 0 Å². The topological polar surface area (TPSA) is 24.9 Å².